The van der Waals surface area contributed by atoms with Gasteiger partial charge >= 0.3 is 0 Å². The number of nitrogens with zero attached hydrogens (tertiary/aromatic N) is 2. The van der Waals surface area contributed by atoms with Crippen molar-refractivity contribution in [2.75, 3.05) is 6.54 Å². The van der Waals surface area contributed by atoms with Crippen molar-refractivity contribution in [3.8, 4) is 6.07 Å². The lowest BCUT2D eigenvalue weighted by molar-refractivity contribution is 0.0958. The number of pyridine rings is 1. The summed E-state index contributed by atoms with van der Waals surface area (Å²) in [4.78, 5) is 15.2. The summed E-state index contributed by atoms with van der Waals surface area (Å²) in [5.41, 5.74) is 1.31. The summed E-state index contributed by atoms with van der Waals surface area (Å²) in [6, 6.07) is 5.12. The second-order valence-corrected chi connectivity index (χ2v) is 2.53. The van der Waals surface area contributed by atoms with E-state index in [4.69, 9.17) is 5.26 Å². The Morgan fingerprint density at radius 3 is 3.15 bits per heavy atom. The van der Waals surface area contributed by atoms with Gasteiger partial charge in [0.2, 0.25) is 0 Å². The molecule has 1 aromatic heterocycles. The first-order valence-electron chi connectivity index (χ1n) is 3.82. The lowest BCUT2D eigenvalue weighted by Crippen LogP contribution is -2.23. The average Bonchev–Trinajstić information content (AvgIpc) is 2.14. The van der Waals surface area contributed by atoms with E-state index in [-0.39, 0.29) is 12.5 Å². The predicted molar refractivity (Wildman–Crippen MR) is 46.9 cm³/mol. The number of rotatable bonds is 2. The SMILES string of the molecule is Cc1cc(C(=O)NCC#N)ccn1. The number of amides is 1. The van der Waals surface area contributed by atoms with Gasteiger partial charge in [0, 0.05) is 17.5 Å². The summed E-state index contributed by atoms with van der Waals surface area (Å²) in [6.07, 6.45) is 1.57. The molecule has 0 aliphatic carbocycles. The van der Waals surface area contributed by atoms with Crippen LogP contribution in [0.1, 0.15) is 16.1 Å². The van der Waals surface area contributed by atoms with Crippen molar-refractivity contribution >= 4 is 5.91 Å². The summed E-state index contributed by atoms with van der Waals surface area (Å²) in [7, 11) is 0. The van der Waals surface area contributed by atoms with E-state index in [1.807, 2.05) is 6.07 Å². The molecule has 1 heterocycles. The maximum atomic E-state index is 11.3. The fraction of sp³-hybridized carbons (Fsp3) is 0.222. The second kappa shape index (κ2) is 4.21. The zero-order valence-corrected chi connectivity index (χ0v) is 7.24. The molecule has 13 heavy (non-hydrogen) atoms. The number of nitrogens with one attached hydrogen (secondary N) is 1. The van der Waals surface area contributed by atoms with Gasteiger partial charge in [0.15, 0.2) is 0 Å². The molecule has 0 atom stereocenters. The highest BCUT2D eigenvalue weighted by atomic mass is 16.1. The first-order chi connectivity index (χ1) is 6.24. The highest BCUT2D eigenvalue weighted by Gasteiger charge is 2.03. The molecule has 0 radical (unpaired) electrons. The first kappa shape index (κ1) is 9.20. The van der Waals surface area contributed by atoms with Crippen LogP contribution in [0.4, 0.5) is 0 Å². The molecule has 0 aromatic carbocycles. The third-order valence-electron chi connectivity index (χ3n) is 1.49. The first-order valence-corrected chi connectivity index (χ1v) is 3.82. The molecule has 1 rings (SSSR count). The molecule has 0 unspecified atom stereocenters. The number of hydrogen-bond acceptors (Lipinski definition) is 3. The average molecular weight is 175 g/mol. The van der Waals surface area contributed by atoms with Crippen LogP contribution in [-0.2, 0) is 0 Å². The number of hydrogen-bond donors (Lipinski definition) is 1. The Morgan fingerprint density at radius 1 is 1.77 bits per heavy atom. The Morgan fingerprint density at radius 2 is 2.54 bits per heavy atom. The number of aromatic nitrogens is 1. The molecule has 1 N–H and O–H groups in total. The van der Waals surface area contributed by atoms with Crippen LogP contribution in [-0.4, -0.2) is 17.4 Å². The molecular weight excluding hydrogens is 166 g/mol. The minimum Gasteiger partial charge on any atom is -0.339 e. The second-order valence-electron chi connectivity index (χ2n) is 2.53. The van der Waals surface area contributed by atoms with Crippen LogP contribution in [0.25, 0.3) is 0 Å². The molecule has 0 saturated carbocycles. The third-order valence-corrected chi connectivity index (χ3v) is 1.49. The Balaban J connectivity index is 2.72. The summed E-state index contributed by atoms with van der Waals surface area (Å²) < 4.78 is 0. The highest BCUT2D eigenvalue weighted by molar-refractivity contribution is 5.94. The maximum absolute atomic E-state index is 11.3. The van der Waals surface area contributed by atoms with E-state index < -0.39 is 0 Å². The van der Waals surface area contributed by atoms with Crippen molar-refractivity contribution in [1.29, 1.82) is 5.26 Å². The number of carbonyl (C=O) groups excluding carboxylic acids is 1. The minimum absolute atomic E-state index is 0.0280. The van der Waals surface area contributed by atoms with E-state index in [2.05, 4.69) is 10.3 Å². The van der Waals surface area contributed by atoms with Crippen LogP contribution in [0.2, 0.25) is 0 Å². The molecular formula is C9H9N3O. The van der Waals surface area contributed by atoms with E-state index in [9.17, 15) is 4.79 Å². The summed E-state index contributed by atoms with van der Waals surface area (Å²) in [6.45, 7) is 1.83. The quantitative estimate of drug-likeness (QED) is 0.671. The van der Waals surface area contributed by atoms with E-state index in [1.165, 1.54) is 0 Å². The monoisotopic (exact) mass is 175 g/mol. The van der Waals surface area contributed by atoms with Crippen LogP contribution >= 0.6 is 0 Å². The summed E-state index contributed by atoms with van der Waals surface area (Å²) >= 11 is 0. The van der Waals surface area contributed by atoms with Crippen molar-refractivity contribution in [3.05, 3.63) is 29.6 Å². The number of aryl methyl sites for hydroxylation is 1. The van der Waals surface area contributed by atoms with Gasteiger partial charge in [-0.1, -0.05) is 0 Å². The zero-order chi connectivity index (χ0) is 9.68. The third kappa shape index (κ3) is 2.56. The fourth-order valence-electron chi connectivity index (χ4n) is 0.909. The van der Waals surface area contributed by atoms with Crippen molar-refractivity contribution < 1.29 is 4.79 Å². The molecule has 0 saturated heterocycles. The van der Waals surface area contributed by atoms with Gasteiger partial charge in [-0.3, -0.25) is 9.78 Å². The van der Waals surface area contributed by atoms with Gasteiger partial charge in [-0.05, 0) is 19.1 Å². The molecule has 4 nitrogen and oxygen atoms in total. The predicted octanol–water partition coefficient (Wildman–Crippen LogP) is 0.643. The van der Waals surface area contributed by atoms with Crippen LogP contribution in [0.3, 0.4) is 0 Å². The smallest absolute Gasteiger partial charge is 0.252 e. The molecule has 0 spiro atoms. The van der Waals surface area contributed by atoms with Gasteiger partial charge in [-0.15, -0.1) is 0 Å². The Kier molecular flexibility index (Phi) is 2.98. The van der Waals surface area contributed by atoms with E-state index in [0.717, 1.165) is 5.69 Å². The molecule has 0 fully saturated rings. The van der Waals surface area contributed by atoms with Crippen molar-refractivity contribution in [3.63, 3.8) is 0 Å². The van der Waals surface area contributed by atoms with Gasteiger partial charge in [-0.25, -0.2) is 0 Å². The van der Waals surface area contributed by atoms with Gasteiger partial charge < -0.3 is 5.32 Å². The largest absolute Gasteiger partial charge is 0.339 e. The maximum Gasteiger partial charge on any atom is 0.252 e. The van der Waals surface area contributed by atoms with E-state index in [1.54, 1.807) is 25.3 Å². The minimum atomic E-state index is -0.243. The lowest BCUT2D eigenvalue weighted by atomic mass is 10.2. The van der Waals surface area contributed by atoms with Gasteiger partial charge in [-0.2, -0.15) is 5.26 Å². The molecule has 0 aliphatic heterocycles. The molecule has 1 aromatic rings. The van der Waals surface area contributed by atoms with Crippen LogP contribution in [0.5, 0.6) is 0 Å². The normalized spacial score (nSPS) is 8.92. The Bertz CT molecular complexity index is 354. The number of nitriles is 1. The molecule has 0 bridgehead atoms. The topological polar surface area (TPSA) is 65.8 Å². The van der Waals surface area contributed by atoms with Crippen molar-refractivity contribution in [1.82, 2.24) is 10.3 Å². The van der Waals surface area contributed by atoms with E-state index in [0.29, 0.717) is 5.56 Å². The van der Waals surface area contributed by atoms with Gasteiger partial charge in [0.25, 0.3) is 5.91 Å². The van der Waals surface area contributed by atoms with Crippen molar-refractivity contribution in [2.45, 2.75) is 6.92 Å². The summed E-state index contributed by atoms with van der Waals surface area (Å²) in [5, 5.41) is 10.7. The van der Waals surface area contributed by atoms with Crippen molar-refractivity contribution in [2.24, 2.45) is 0 Å². The zero-order valence-electron chi connectivity index (χ0n) is 7.24. The fourth-order valence-corrected chi connectivity index (χ4v) is 0.909. The molecule has 0 aliphatic rings. The van der Waals surface area contributed by atoms with Crippen LogP contribution in [0, 0.1) is 18.3 Å². The van der Waals surface area contributed by atoms with Gasteiger partial charge in [0.1, 0.15) is 6.54 Å². The molecule has 4 heteroatoms. The van der Waals surface area contributed by atoms with Crippen LogP contribution < -0.4 is 5.32 Å². The summed E-state index contributed by atoms with van der Waals surface area (Å²) in [5.74, 6) is -0.243. The highest BCUT2D eigenvalue weighted by Crippen LogP contribution is 1.99. The molecule has 66 valence electrons. The molecule has 1 amide bonds. The number of carbonyl (C=O) groups is 1. The van der Waals surface area contributed by atoms with Gasteiger partial charge in [0.05, 0.1) is 6.07 Å². The van der Waals surface area contributed by atoms with E-state index >= 15 is 0 Å². The van der Waals surface area contributed by atoms with Crippen LogP contribution in [0.15, 0.2) is 18.3 Å². The standard InChI is InChI=1S/C9H9N3O/c1-7-6-8(2-4-11-7)9(13)12-5-3-10/h2,4,6H,5H2,1H3,(H,12,13). The lowest BCUT2D eigenvalue weighted by Gasteiger charge is -2.00. The Hall–Kier alpha value is -1.89. The Labute approximate surface area is 76.2 Å².